The summed E-state index contributed by atoms with van der Waals surface area (Å²) in [4.78, 5) is 11.8. The van der Waals surface area contributed by atoms with Crippen molar-refractivity contribution in [2.45, 2.75) is 46.1 Å². The molecule has 1 aromatic rings. The quantitative estimate of drug-likeness (QED) is 0.531. The predicted octanol–water partition coefficient (Wildman–Crippen LogP) is 2.37. The zero-order valence-corrected chi connectivity index (χ0v) is 12.8. The van der Waals surface area contributed by atoms with E-state index in [1.165, 1.54) is 12.1 Å². The number of benzene rings is 1. The summed E-state index contributed by atoms with van der Waals surface area (Å²) in [6.07, 6.45) is 0.847. The molecule has 0 aliphatic rings. The first kappa shape index (κ1) is 17.3. The van der Waals surface area contributed by atoms with E-state index in [1.807, 2.05) is 6.92 Å². The fourth-order valence-corrected chi connectivity index (χ4v) is 1.65. The van der Waals surface area contributed by atoms with E-state index in [4.69, 9.17) is 4.74 Å². The van der Waals surface area contributed by atoms with E-state index in [9.17, 15) is 20.1 Å². The molecule has 0 aliphatic heterocycles. The number of aromatic hydroxyl groups is 2. The Kier molecular flexibility index (Phi) is 6.03. The fourth-order valence-electron chi connectivity index (χ4n) is 1.65. The first-order chi connectivity index (χ1) is 9.76. The van der Waals surface area contributed by atoms with Gasteiger partial charge in [0, 0.05) is 0 Å². The molecule has 1 aromatic carbocycles. The van der Waals surface area contributed by atoms with Gasteiger partial charge in [-0.15, -0.1) is 0 Å². The van der Waals surface area contributed by atoms with Crippen molar-refractivity contribution in [2.24, 2.45) is 5.41 Å². The van der Waals surface area contributed by atoms with Crippen molar-refractivity contribution >= 4 is 5.97 Å². The normalized spacial score (nSPS) is 13.0. The van der Waals surface area contributed by atoms with Crippen molar-refractivity contribution in [3.63, 3.8) is 0 Å². The molecule has 0 saturated carbocycles. The Balaban J connectivity index is 2.39. The molecular weight excluding hydrogens is 272 g/mol. The van der Waals surface area contributed by atoms with Crippen molar-refractivity contribution < 1.29 is 24.9 Å². The molecule has 1 atom stereocenters. The number of carbonyl (C=O) groups is 1. The van der Waals surface area contributed by atoms with Crippen LogP contribution in [0.5, 0.6) is 11.5 Å². The van der Waals surface area contributed by atoms with E-state index in [2.05, 4.69) is 0 Å². The predicted molar refractivity (Wildman–Crippen MR) is 79.1 cm³/mol. The Morgan fingerprint density at radius 1 is 1.29 bits per heavy atom. The smallest absolute Gasteiger partial charge is 0.311 e. The molecule has 1 unspecified atom stereocenters. The number of phenolic OH excluding ortho intramolecular Hbond substituents is 2. The summed E-state index contributed by atoms with van der Waals surface area (Å²) in [5.74, 6) is -0.667. The first-order valence-electron chi connectivity index (χ1n) is 7.12. The number of aliphatic hydroxyl groups excluding tert-OH is 1. The molecule has 0 bridgehead atoms. The van der Waals surface area contributed by atoms with Gasteiger partial charge in [-0.05, 0) is 50.8 Å². The standard InChI is InChI=1S/C16H24O5/c1-4-16(2,3)15(20)21-10-12(17)7-5-11-6-8-13(18)14(19)9-11/h6,8-9,12,17-19H,4-5,7,10H2,1-3H3. The summed E-state index contributed by atoms with van der Waals surface area (Å²) in [6, 6.07) is 4.53. The lowest BCUT2D eigenvalue weighted by molar-refractivity contribution is -0.157. The third-order valence-corrected chi connectivity index (χ3v) is 3.65. The highest BCUT2D eigenvalue weighted by atomic mass is 16.5. The number of phenols is 2. The van der Waals surface area contributed by atoms with Gasteiger partial charge < -0.3 is 20.1 Å². The number of hydrogen-bond acceptors (Lipinski definition) is 5. The zero-order chi connectivity index (χ0) is 16.0. The van der Waals surface area contributed by atoms with Gasteiger partial charge in [-0.1, -0.05) is 13.0 Å². The third-order valence-electron chi connectivity index (χ3n) is 3.65. The average Bonchev–Trinajstić information content (AvgIpc) is 2.45. The van der Waals surface area contributed by atoms with Crippen molar-refractivity contribution in [1.29, 1.82) is 0 Å². The third kappa shape index (κ3) is 5.27. The maximum atomic E-state index is 11.8. The molecule has 0 fully saturated rings. The number of rotatable bonds is 7. The highest BCUT2D eigenvalue weighted by Gasteiger charge is 2.27. The monoisotopic (exact) mass is 296 g/mol. The second-order valence-electron chi connectivity index (χ2n) is 5.85. The average molecular weight is 296 g/mol. The number of aryl methyl sites for hydroxylation is 1. The lowest BCUT2D eigenvalue weighted by atomic mass is 9.91. The first-order valence-corrected chi connectivity index (χ1v) is 7.12. The molecular formula is C16H24O5. The Hall–Kier alpha value is -1.75. The molecule has 21 heavy (non-hydrogen) atoms. The Morgan fingerprint density at radius 3 is 2.52 bits per heavy atom. The molecule has 0 aromatic heterocycles. The molecule has 5 nitrogen and oxygen atoms in total. The van der Waals surface area contributed by atoms with E-state index in [0.717, 1.165) is 5.56 Å². The lowest BCUT2D eigenvalue weighted by Crippen LogP contribution is -2.29. The molecule has 0 radical (unpaired) electrons. The van der Waals surface area contributed by atoms with Crippen molar-refractivity contribution in [2.75, 3.05) is 6.61 Å². The van der Waals surface area contributed by atoms with E-state index in [-0.39, 0.29) is 24.1 Å². The molecule has 0 saturated heterocycles. The van der Waals surface area contributed by atoms with Crippen LogP contribution >= 0.6 is 0 Å². The summed E-state index contributed by atoms with van der Waals surface area (Å²) in [5, 5.41) is 28.4. The van der Waals surface area contributed by atoms with E-state index < -0.39 is 11.5 Å². The highest BCUT2D eigenvalue weighted by molar-refractivity contribution is 5.75. The SMILES string of the molecule is CCC(C)(C)C(=O)OCC(O)CCc1ccc(O)c(O)c1. The highest BCUT2D eigenvalue weighted by Crippen LogP contribution is 2.25. The van der Waals surface area contributed by atoms with E-state index >= 15 is 0 Å². The Morgan fingerprint density at radius 2 is 1.95 bits per heavy atom. The lowest BCUT2D eigenvalue weighted by Gasteiger charge is -2.21. The largest absolute Gasteiger partial charge is 0.504 e. The molecule has 1 rings (SSSR count). The van der Waals surface area contributed by atoms with Gasteiger partial charge in [0.1, 0.15) is 6.61 Å². The van der Waals surface area contributed by atoms with Crippen LogP contribution in [0.15, 0.2) is 18.2 Å². The number of carbonyl (C=O) groups excluding carboxylic acids is 1. The van der Waals surface area contributed by atoms with Crippen LogP contribution in [-0.4, -0.2) is 34.0 Å². The Bertz CT molecular complexity index is 482. The molecule has 5 heteroatoms. The van der Waals surface area contributed by atoms with Crippen molar-refractivity contribution in [3.05, 3.63) is 23.8 Å². The topological polar surface area (TPSA) is 87.0 Å². The van der Waals surface area contributed by atoms with Crippen LogP contribution in [0.3, 0.4) is 0 Å². The van der Waals surface area contributed by atoms with E-state index in [0.29, 0.717) is 19.3 Å². The van der Waals surface area contributed by atoms with E-state index in [1.54, 1.807) is 19.9 Å². The van der Waals surface area contributed by atoms with Crippen LogP contribution in [-0.2, 0) is 16.0 Å². The number of ether oxygens (including phenoxy) is 1. The van der Waals surface area contributed by atoms with Gasteiger partial charge in [-0.25, -0.2) is 0 Å². The van der Waals surface area contributed by atoms with Crippen LogP contribution in [0.1, 0.15) is 39.2 Å². The zero-order valence-electron chi connectivity index (χ0n) is 12.8. The molecule has 3 N–H and O–H groups in total. The molecule has 0 aliphatic carbocycles. The molecule has 0 amide bonds. The van der Waals surface area contributed by atoms with Crippen LogP contribution in [0.2, 0.25) is 0 Å². The van der Waals surface area contributed by atoms with Gasteiger partial charge >= 0.3 is 5.97 Å². The minimum Gasteiger partial charge on any atom is -0.504 e. The van der Waals surface area contributed by atoms with Gasteiger partial charge in [-0.2, -0.15) is 0 Å². The summed E-state index contributed by atoms with van der Waals surface area (Å²) in [5.41, 5.74) is 0.257. The summed E-state index contributed by atoms with van der Waals surface area (Å²) in [6.45, 7) is 5.49. The summed E-state index contributed by atoms with van der Waals surface area (Å²) >= 11 is 0. The summed E-state index contributed by atoms with van der Waals surface area (Å²) in [7, 11) is 0. The second-order valence-corrected chi connectivity index (χ2v) is 5.85. The van der Waals surface area contributed by atoms with Gasteiger partial charge in [0.05, 0.1) is 11.5 Å². The van der Waals surface area contributed by atoms with Crippen molar-refractivity contribution in [1.82, 2.24) is 0 Å². The maximum Gasteiger partial charge on any atom is 0.311 e. The maximum absolute atomic E-state index is 11.8. The Labute approximate surface area is 125 Å². The fraction of sp³-hybridized carbons (Fsp3) is 0.562. The number of aliphatic hydroxyl groups is 1. The number of esters is 1. The second kappa shape index (κ2) is 7.31. The van der Waals surface area contributed by atoms with Crippen LogP contribution in [0.25, 0.3) is 0 Å². The minimum absolute atomic E-state index is 0.0354. The van der Waals surface area contributed by atoms with Gasteiger partial charge in [-0.3, -0.25) is 4.79 Å². The van der Waals surface area contributed by atoms with Crippen LogP contribution in [0.4, 0.5) is 0 Å². The minimum atomic E-state index is -0.752. The van der Waals surface area contributed by atoms with Gasteiger partial charge in [0.15, 0.2) is 11.5 Å². The van der Waals surface area contributed by atoms with Gasteiger partial charge in [0.25, 0.3) is 0 Å². The molecule has 118 valence electrons. The summed E-state index contributed by atoms with van der Waals surface area (Å²) < 4.78 is 5.11. The van der Waals surface area contributed by atoms with Crippen LogP contribution in [0, 0.1) is 5.41 Å². The molecule has 0 spiro atoms. The van der Waals surface area contributed by atoms with Crippen LogP contribution < -0.4 is 0 Å². The molecule has 0 heterocycles. The van der Waals surface area contributed by atoms with Gasteiger partial charge in [0.2, 0.25) is 0 Å². The number of hydrogen-bond donors (Lipinski definition) is 3. The van der Waals surface area contributed by atoms with Crippen molar-refractivity contribution in [3.8, 4) is 11.5 Å².